The molecule has 0 aromatic heterocycles. The highest BCUT2D eigenvalue weighted by molar-refractivity contribution is 9.10. The Kier molecular flexibility index (Phi) is 17.4. The van der Waals surface area contributed by atoms with Crippen LogP contribution >= 0.6 is 31.9 Å². The minimum absolute atomic E-state index is 0.595. The fourth-order valence-electron chi connectivity index (χ4n) is 4.91. The third-order valence-electron chi connectivity index (χ3n) is 7.61. The van der Waals surface area contributed by atoms with E-state index in [1.807, 2.05) is 62.4 Å². The van der Waals surface area contributed by atoms with Crippen LogP contribution in [0.1, 0.15) is 88.1 Å². The summed E-state index contributed by atoms with van der Waals surface area (Å²) in [6, 6.07) is 12.0. The lowest BCUT2D eigenvalue weighted by Gasteiger charge is -2.16. The summed E-state index contributed by atoms with van der Waals surface area (Å²) < 4.78 is 31.0. The minimum atomic E-state index is 0.595. The Morgan fingerprint density at radius 2 is 1.00 bits per heavy atom. The SMILES string of the molecule is CC.COc1cc(/C=C/c2cc(OC)c(/C=C/c3cc(C)c(Br)cc3OC)cc2OCCC(C)CCCC(C)C)c(OC)cc1Br. The molecule has 0 saturated carbocycles. The van der Waals surface area contributed by atoms with Gasteiger partial charge in [0.25, 0.3) is 0 Å². The van der Waals surface area contributed by atoms with Crippen LogP contribution in [-0.4, -0.2) is 35.0 Å². The number of aryl methyl sites for hydroxylation is 1. The third-order valence-corrected chi connectivity index (χ3v) is 9.08. The molecule has 1 atom stereocenters. The monoisotopic (exact) mass is 758 g/mol. The van der Waals surface area contributed by atoms with Crippen molar-refractivity contribution < 1.29 is 23.7 Å². The highest BCUT2D eigenvalue weighted by Gasteiger charge is 2.13. The van der Waals surface area contributed by atoms with Crippen LogP contribution < -0.4 is 23.7 Å². The Hall–Kier alpha value is -2.90. The summed E-state index contributed by atoms with van der Waals surface area (Å²) in [7, 11) is 6.68. The Morgan fingerprint density at radius 3 is 1.52 bits per heavy atom. The van der Waals surface area contributed by atoms with Crippen molar-refractivity contribution in [3.8, 4) is 28.7 Å². The average Bonchev–Trinajstić information content (AvgIpc) is 3.05. The zero-order valence-corrected chi connectivity index (χ0v) is 32.4. The van der Waals surface area contributed by atoms with Crippen molar-refractivity contribution in [3.63, 3.8) is 0 Å². The maximum absolute atomic E-state index is 6.48. The standard InChI is InChI=1S/C37H46Br2O5.C2H6/c1-24(2)10-9-11-25(3)16-17-44-36-20-28(13-12-27-18-26(4)31(38)22-34(27)41-6)33(40-5)19-30(36)15-14-29-21-37(43-8)32(39)23-35(29)42-7;1-2/h12-15,18-25H,9-11,16-17H2,1-8H3;1-2H3/b13-12+,15-14+;. The van der Waals surface area contributed by atoms with E-state index in [2.05, 4.69) is 71.7 Å². The van der Waals surface area contributed by atoms with Crippen molar-refractivity contribution in [1.82, 2.24) is 0 Å². The maximum atomic E-state index is 6.48. The van der Waals surface area contributed by atoms with Gasteiger partial charge in [-0.3, -0.25) is 0 Å². The quantitative estimate of drug-likeness (QED) is 0.136. The van der Waals surface area contributed by atoms with Crippen molar-refractivity contribution in [2.24, 2.45) is 11.8 Å². The Labute approximate surface area is 294 Å². The highest BCUT2D eigenvalue weighted by atomic mass is 79.9. The van der Waals surface area contributed by atoms with E-state index < -0.39 is 0 Å². The van der Waals surface area contributed by atoms with Crippen LogP contribution in [0.4, 0.5) is 0 Å². The molecule has 0 amide bonds. The van der Waals surface area contributed by atoms with Crippen molar-refractivity contribution in [2.45, 2.75) is 67.2 Å². The second kappa shape index (κ2) is 20.4. The molecule has 0 saturated heterocycles. The summed E-state index contributed by atoms with van der Waals surface area (Å²) in [5.41, 5.74) is 4.82. The van der Waals surface area contributed by atoms with Crippen molar-refractivity contribution in [1.29, 1.82) is 0 Å². The first kappa shape index (κ1) is 39.3. The summed E-state index contributed by atoms with van der Waals surface area (Å²) in [5, 5.41) is 0. The van der Waals surface area contributed by atoms with Crippen LogP contribution in [0, 0.1) is 18.8 Å². The van der Waals surface area contributed by atoms with E-state index in [4.69, 9.17) is 23.7 Å². The van der Waals surface area contributed by atoms with Gasteiger partial charge in [0.1, 0.15) is 28.7 Å². The topological polar surface area (TPSA) is 46.2 Å². The van der Waals surface area contributed by atoms with Gasteiger partial charge in [-0.25, -0.2) is 0 Å². The smallest absolute Gasteiger partial charge is 0.133 e. The number of methoxy groups -OCH3 is 4. The predicted molar refractivity (Wildman–Crippen MR) is 203 cm³/mol. The first-order chi connectivity index (χ1) is 22.1. The van der Waals surface area contributed by atoms with Crippen LogP contribution in [0.2, 0.25) is 0 Å². The van der Waals surface area contributed by atoms with Gasteiger partial charge in [0.2, 0.25) is 0 Å². The molecule has 0 bridgehead atoms. The summed E-state index contributed by atoms with van der Waals surface area (Å²) in [4.78, 5) is 0. The van der Waals surface area contributed by atoms with E-state index in [9.17, 15) is 0 Å². The molecule has 3 aromatic rings. The lowest BCUT2D eigenvalue weighted by molar-refractivity contribution is 0.275. The minimum Gasteiger partial charge on any atom is -0.496 e. The van der Waals surface area contributed by atoms with E-state index in [0.29, 0.717) is 12.5 Å². The average molecular weight is 761 g/mol. The lowest BCUT2D eigenvalue weighted by Crippen LogP contribution is -2.06. The number of rotatable bonds is 16. The van der Waals surface area contributed by atoms with Gasteiger partial charge >= 0.3 is 0 Å². The van der Waals surface area contributed by atoms with Gasteiger partial charge in [0, 0.05) is 26.7 Å². The fraction of sp³-hybridized carbons (Fsp3) is 0.436. The zero-order chi connectivity index (χ0) is 34.2. The molecule has 0 aliphatic carbocycles. The Bertz CT molecular complexity index is 1450. The van der Waals surface area contributed by atoms with Gasteiger partial charge in [-0.1, -0.05) is 94.1 Å². The molecule has 0 aliphatic rings. The molecule has 252 valence electrons. The van der Waals surface area contributed by atoms with E-state index in [0.717, 1.165) is 77.8 Å². The van der Waals surface area contributed by atoms with Crippen molar-refractivity contribution >= 4 is 56.2 Å². The van der Waals surface area contributed by atoms with Crippen molar-refractivity contribution in [2.75, 3.05) is 35.0 Å². The van der Waals surface area contributed by atoms with E-state index in [1.54, 1.807) is 28.4 Å². The van der Waals surface area contributed by atoms with Crippen LogP contribution in [0.15, 0.2) is 45.3 Å². The fourth-order valence-corrected chi connectivity index (χ4v) is 5.72. The molecule has 0 radical (unpaired) electrons. The van der Waals surface area contributed by atoms with Crippen LogP contribution in [0.25, 0.3) is 24.3 Å². The van der Waals surface area contributed by atoms with Crippen LogP contribution in [-0.2, 0) is 0 Å². The van der Waals surface area contributed by atoms with Crippen molar-refractivity contribution in [3.05, 3.63) is 73.2 Å². The van der Waals surface area contributed by atoms with E-state index in [-0.39, 0.29) is 0 Å². The summed E-state index contributed by atoms with van der Waals surface area (Å²) in [5.74, 6) is 5.12. The molecule has 1 unspecified atom stereocenters. The predicted octanol–water partition coefficient (Wildman–Crippen LogP) is 12.2. The molecule has 0 heterocycles. The van der Waals surface area contributed by atoms with E-state index >= 15 is 0 Å². The first-order valence-corrected chi connectivity index (χ1v) is 17.6. The second-order valence-corrected chi connectivity index (χ2v) is 13.1. The number of hydrogen-bond donors (Lipinski definition) is 0. The third kappa shape index (κ3) is 11.7. The van der Waals surface area contributed by atoms with Gasteiger partial charge in [-0.2, -0.15) is 0 Å². The van der Waals surface area contributed by atoms with E-state index in [1.165, 1.54) is 19.3 Å². The first-order valence-electron chi connectivity index (χ1n) is 16.1. The summed E-state index contributed by atoms with van der Waals surface area (Å²) in [6.07, 6.45) is 12.9. The van der Waals surface area contributed by atoms with Crippen LogP contribution in [0.5, 0.6) is 28.7 Å². The molecule has 0 fully saturated rings. The molecule has 46 heavy (non-hydrogen) atoms. The molecule has 3 aromatic carbocycles. The molecule has 0 spiro atoms. The Morgan fingerprint density at radius 1 is 0.565 bits per heavy atom. The van der Waals surface area contributed by atoms with Gasteiger partial charge in [-0.15, -0.1) is 0 Å². The van der Waals surface area contributed by atoms with Crippen LogP contribution in [0.3, 0.4) is 0 Å². The number of hydrogen-bond acceptors (Lipinski definition) is 5. The van der Waals surface area contributed by atoms with Gasteiger partial charge < -0.3 is 23.7 Å². The molecule has 7 heteroatoms. The maximum Gasteiger partial charge on any atom is 0.133 e. The molecular formula is C39H52Br2O5. The van der Waals surface area contributed by atoms with Gasteiger partial charge in [0.05, 0.1) is 39.5 Å². The molecule has 0 aliphatic heterocycles. The van der Waals surface area contributed by atoms with Gasteiger partial charge in [-0.05, 0) is 83.1 Å². The summed E-state index contributed by atoms with van der Waals surface area (Å²) >= 11 is 7.14. The molecule has 0 N–H and O–H groups in total. The lowest BCUT2D eigenvalue weighted by atomic mass is 9.97. The molecular weight excluding hydrogens is 708 g/mol. The molecule has 5 nitrogen and oxygen atoms in total. The zero-order valence-electron chi connectivity index (χ0n) is 29.3. The normalized spacial score (nSPS) is 11.8. The Balaban J connectivity index is 0.00000361. The summed E-state index contributed by atoms with van der Waals surface area (Å²) in [6.45, 7) is 13.6. The number of benzene rings is 3. The second-order valence-electron chi connectivity index (χ2n) is 11.4. The largest absolute Gasteiger partial charge is 0.496 e. The van der Waals surface area contributed by atoms with Gasteiger partial charge in [0.15, 0.2) is 0 Å². The number of ether oxygens (including phenoxy) is 5. The molecule has 3 rings (SSSR count). The highest BCUT2D eigenvalue weighted by Crippen LogP contribution is 2.37. The number of halogens is 2.